The van der Waals surface area contributed by atoms with E-state index in [2.05, 4.69) is 0 Å². The monoisotopic (exact) mass is 210 g/mol. The van der Waals surface area contributed by atoms with Gasteiger partial charge in [-0.15, -0.1) is 11.8 Å². The van der Waals surface area contributed by atoms with Gasteiger partial charge in [-0.2, -0.15) is 0 Å². The molecule has 0 saturated carbocycles. The summed E-state index contributed by atoms with van der Waals surface area (Å²) in [6, 6.07) is 7.21. The van der Waals surface area contributed by atoms with E-state index in [0.29, 0.717) is 11.5 Å². The minimum absolute atomic E-state index is 0.236. The van der Waals surface area contributed by atoms with Crippen LogP contribution in [0, 0.1) is 0 Å². The Hall–Kier alpha value is -1.29. The number of aromatic hydroxyl groups is 1. The average Bonchev–Trinajstić information content (AvgIpc) is 2.69. The van der Waals surface area contributed by atoms with Crippen molar-refractivity contribution in [2.75, 3.05) is 5.75 Å². The first-order valence-electron chi connectivity index (χ1n) is 4.23. The highest BCUT2D eigenvalue weighted by molar-refractivity contribution is 7.99. The van der Waals surface area contributed by atoms with Gasteiger partial charge in [-0.05, 0) is 12.1 Å². The highest BCUT2D eigenvalue weighted by atomic mass is 32.2. The molecule has 2 rings (SSSR count). The summed E-state index contributed by atoms with van der Waals surface area (Å²) in [5, 5.41) is 9.47. The molecule has 0 aromatic heterocycles. The summed E-state index contributed by atoms with van der Waals surface area (Å²) >= 11 is 1.50. The molecule has 1 N–H and O–H groups in total. The van der Waals surface area contributed by atoms with Crippen LogP contribution in [0.1, 0.15) is 0 Å². The number of ether oxygens (including phenoxy) is 2. The maximum atomic E-state index is 9.47. The summed E-state index contributed by atoms with van der Waals surface area (Å²) in [6.07, 6.45) is 2.81. The van der Waals surface area contributed by atoms with Crippen LogP contribution in [0.5, 0.6) is 5.75 Å². The van der Waals surface area contributed by atoms with Crippen molar-refractivity contribution in [1.29, 1.82) is 0 Å². The van der Waals surface area contributed by atoms with Gasteiger partial charge in [0, 0.05) is 4.90 Å². The molecule has 0 amide bonds. The Morgan fingerprint density at radius 3 is 2.64 bits per heavy atom. The number of rotatable bonds is 3. The molecular formula is C10H10O3S. The summed E-state index contributed by atoms with van der Waals surface area (Å²) < 4.78 is 10.2. The van der Waals surface area contributed by atoms with Crippen LogP contribution in [0.3, 0.4) is 0 Å². The van der Waals surface area contributed by atoms with Gasteiger partial charge in [0.25, 0.3) is 0 Å². The molecule has 1 heterocycles. The van der Waals surface area contributed by atoms with Crippen molar-refractivity contribution >= 4 is 11.8 Å². The molecule has 0 aliphatic carbocycles. The maximum absolute atomic E-state index is 9.47. The molecule has 0 radical (unpaired) electrons. The second-order valence-corrected chi connectivity index (χ2v) is 3.81. The first kappa shape index (κ1) is 9.27. The van der Waals surface area contributed by atoms with E-state index in [0.717, 1.165) is 4.90 Å². The molecule has 74 valence electrons. The SMILES string of the molecule is Oc1ccccc1SCC1OC=CO1. The first-order valence-corrected chi connectivity index (χ1v) is 5.21. The van der Waals surface area contributed by atoms with Crippen molar-refractivity contribution in [1.82, 2.24) is 0 Å². The minimum Gasteiger partial charge on any atom is -0.507 e. The van der Waals surface area contributed by atoms with Crippen LogP contribution in [-0.4, -0.2) is 17.1 Å². The number of phenolic OH excluding ortho intramolecular Hbond substituents is 1. The van der Waals surface area contributed by atoms with Gasteiger partial charge in [0.15, 0.2) is 0 Å². The number of phenols is 1. The fourth-order valence-electron chi connectivity index (χ4n) is 1.09. The van der Waals surface area contributed by atoms with E-state index in [9.17, 15) is 5.11 Å². The van der Waals surface area contributed by atoms with E-state index in [1.807, 2.05) is 12.1 Å². The lowest BCUT2D eigenvalue weighted by atomic mass is 10.3. The largest absolute Gasteiger partial charge is 0.507 e. The Balaban J connectivity index is 1.88. The van der Waals surface area contributed by atoms with Crippen LogP contribution in [0.25, 0.3) is 0 Å². The third kappa shape index (κ3) is 2.14. The first-order chi connectivity index (χ1) is 6.86. The third-order valence-corrected chi connectivity index (χ3v) is 2.85. The van der Waals surface area contributed by atoms with Crippen molar-refractivity contribution in [3.05, 3.63) is 36.8 Å². The summed E-state index contributed by atoms with van der Waals surface area (Å²) in [5.74, 6) is 0.952. The van der Waals surface area contributed by atoms with Gasteiger partial charge in [0.05, 0.1) is 5.75 Å². The fraction of sp³-hybridized carbons (Fsp3) is 0.200. The van der Waals surface area contributed by atoms with Crippen LogP contribution >= 0.6 is 11.8 Å². The van der Waals surface area contributed by atoms with E-state index >= 15 is 0 Å². The normalized spacial score (nSPS) is 15.1. The molecule has 0 unspecified atom stereocenters. The van der Waals surface area contributed by atoms with Gasteiger partial charge in [-0.25, -0.2) is 0 Å². The molecule has 3 nitrogen and oxygen atoms in total. The molecule has 1 aliphatic heterocycles. The van der Waals surface area contributed by atoms with Gasteiger partial charge < -0.3 is 14.6 Å². The summed E-state index contributed by atoms with van der Waals surface area (Å²) in [6.45, 7) is 0. The summed E-state index contributed by atoms with van der Waals surface area (Å²) in [5.41, 5.74) is 0. The van der Waals surface area contributed by atoms with Crippen LogP contribution in [0.15, 0.2) is 41.7 Å². The Morgan fingerprint density at radius 2 is 1.93 bits per heavy atom. The lowest BCUT2D eigenvalue weighted by molar-refractivity contribution is -0.00152. The van der Waals surface area contributed by atoms with Crippen LogP contribution in [0.4, 0.5) is 0 Å². The Morgan fingerprint density at radius 1 is 1.21 bits per heavy atom. The van der Waals surface area contributed by atoms with Gasteiger partial charge in [-0.1, -0.05) is 12.1 Å². The van der Waals surface area contributed by atoms with E-state index in [4.69, 9.17) is 9.47 Å². The topological polar surface area (TPSA) is 38.7 Å². The van der Waals surface area contributed by atoms with Crippen molar-refractivity contribution in [2.24, 2.45) is 0 Å². The Labute approximate surface area is 86.3 Å². The molecule has 0 fully saturated rings. The van der Waals surface area contributed by atoms with E-state index < -0.39 is 0 Å². The van der Waals surface area contributed by atoms with Crippen LogP contribution in [0.2, 0.25) is 0 Å². The molecule has 0 saturated heterocycles. The zero-order valence-corrected chi connectivity index (χ0v) is 8.24. The fourth-order valence-corrected chi connectivity index (χ4v) is 1.95. The molecule has 1 aromatic rings. The molecule has 0 bridgehead atoms. The average molecular weight is 210 g/mol. The predicted octanol–water partition coefficient (Wildman–Crippen LogP) is 2.33. The predicted molar refractivity (Wildman–Crippen MR) is 53.9 cm³/mol. The van der Waals surface area contributed by atoms with Gasteiger partial charge in [0.1, 0.15) is 18.3 Å². The zero-order chi connectivity index (χ0) is 9.80. The third-order valence-electron chi connectivity index (χ3n) is 1.76. The second-order valence-electron chi connectivity index (χ2n) is 2.75. The van der Waals surface area contributed by atoms with E-state index in [1.165, 1.54) is 24.3 Å². The summed E-state index contributed by atoms with van der Waals surface area (Å²) in [4.78, 5) is 0.839. The smallest absolute Gasteiger partial charge is 0.248 e. The Kier molecular flexibility index (Phi) is 2.84. The number of thioether (sulfide) groups is 1. The molecular weight excluding hydrogens is 200 g/mol. The van der Waals surface area contributed by atoms with Gasteiger partial charge in [-0.3, -0.25) is 0 Å². The van der Waals surface area contributed by atoms with Gasteiger partial charge >= 0.3 is 0 Å². The van der Waals surface area contributed by atoms with E-state index in [-0.39, 0.29) is 6.29 Å². The van der Waals surface area contributed by atoms with Crippen molar-refractivity contribution in [3.8, 4) is 5.75 Å². The zero-order valence-electron chi connectivity index (χ0n) is 7.42. The van der Waals surface area contributed by atoms with Crippen molar-refractivity contribution in [2.45, 2.75) is 11.2 Å². The van der Waals surface area contributed by atoms with E-state index in [1.54, 1.807) is 12.1 Å². The van der Waals surface area contributed by atoms with Gasteiger partial charge in [0.2, 0.25) is 6.29 Å². The van der Waals surface area contributed by atoms with Crippen molar-refractivity contribution in [3.63, 3.8) is 0 Å². The molecule has 14 heavy (non-hydrogen) atoms. The molecule has 0 spiro atoms. The number of benzene rings is 1. The van der Waals surface area contributed by atoms with Crippen molar-refractivity contribution < 1.29 is 14.6 Å². The minimum atomic E-state index is -0.236. The quantitative estimate of drug-likeness (QED) is 0.777. The highest BCUT2D eigenvalue weighted by Gasteiger charge is 2.13. The lowest BCUT2D eigenvalue weighted by Gasteiger charge is -2.09. The van der Waals surface area contributed by atoms with Crippen LogP contribution in [-0.2, 0) is 9.47 Å². The number of para-hydroxylation sites is 1. The maximum Gasteiger partial charge on any atom is 0.248 e. The lowest BCUT2D eigenvalue weighted by Crippen LogP contribution is -2.09. The summed E-state index contributed by atoms with van der Waals surface area (Å²) in [7, 11) is 0. The molecule has 4 heteroatoms. The molecule has 0 atom stereocenters. The molecule has 1 aromatic carbocycles. The number of hydrogen-bond acceptors (Lipinski definition) is 4. The standard InChI is InChI=1S/C10H10O3S/c11-8-3-1-2-4-9(8)14-7-10-12-5-6-13-10/h1-6,10-11H,7H2. The second kappa shape index (κ2) is 4.28. The molecule has 1 aliphatic rings. The number of hydrogen-bond donors (Lipinski definition) is 1. The van der Waals surface area contributed by atoms with Crippen LogP contribution < -0.4 is 0 Å². The highest BCUT2D eigenvalue weighted by Crippen LogP contribution is 2.29. The Bertz CT molecular complexity index is 330.